The maximum absolute atomic E-state index is 13.1. The second-order valence-corrected chi connectivity index (χ2v) is 3.27. The summed E-state index contributed by atoms with van der Waals surface area (Å²) >= 11 is 0. The van der Waals surface area contributed by atoms with E-state index in [1.54, 1.807) is 0 Å². The molecule has 0 bridgehead atoms. The Morgan fingerprint density at radius 3 is 2.13 bits per heavy atom. The SMILES string of the molecule is CN1Cc2c(F)c(F)c(F)c(F)c2C1=O. The number of hydrogen-bond donors (Lipinski definition) is 0. The van der Waals surface area contributed by atoms with E-state index >= 15 is 0 Å². The molecular formula is C9H5F4NO. The maximum Gasteiger partial charge on any atom is 0.257 e. The smallest absolute Gasteiger partial charge is 0.257 e. The van der Waals surface area contributed by atoms with Gasteiger partial charge in [-0.2, -0.15) is 0 Å². The largest absolute Gasteiger partial charge is 0.337 e. The van der Waals surface area contributed by atoms with E-state index in [2.05, 4.69) is 0 Å². The van der Waals surface area contributed by atoms with Gasteiger partial charge in [0, 0.05) is 19.2 Å². The number of rotatable bonds is 0. The molecule has 1 aromatic carbocycles. The highest BCUT2D eigenvalue weighted by Gasteiger charge is 2.35. The molecule has 1 heterocycles. The van der Waals surface area contributed by atoms with E-state index in [0.29, 0.717) is 0 Å². The van der Waals surface area contributed by atoms with E-state index in [0.717, 1.165) is 4.90 Å². The molecule has 1 aliphatic heterocycles. The van der Waals surface area contributed by atoms with Gasteiger partial charge in [0.05, 0.1) is 5.56 Å². The van der Waals surface area contributed by atoms with Gasteiger partial charge in [-0.25, -0.2) is 17.6 Å². The van der Waals surface area contributed by atoms with Crippen LogP contribution in [0.15, 0.2) is 0 Å². The van der Waals surface area contributed by atoms with Crippen molar-refractivity contribution in [3.05, 3.63) is 34.4 Å². The van der Waals surface area contributed by atoms with Crippen LogP contribution in [0.5, 0.6) is 0 Å². The number of carbonyl (C=O) groups is 1. The van der Waals surface area contributed by atoms with Crippen LogP contribution >= 0.6 is 0 Å². The van der Waals surface area contributed by atoms with Crippen molar-refractivity contribution in [3.63, 3.8) is 0 Å². The molecule has 0 saturated heterocycles. The average molecular weight is 219 g/mol. The average Bonchev–Trinajstić information content (AvgIpc) is 2.50. The molecule has 1 aromatic rings. The van der Waals surface area contributed by atoms with E-state index in [4.69, 9.17) is 0 Å². The van der Waals surface area contributed by atoms with Crippen molar-refractivity contribution in [1.29, 1.82) is 0 Å². The lowest BCUT2D eigenvalue weighted by Gasteiger charge is -2.04. The van der Waals surface area contributed by atoms with E-state index in [1.165, 1.54) is 7.05 Å². The first kappa shape index (κ1) is 9.95. The fourth-order valence-corrected chi connectivity index (χ4v) is 1.55. The van der Waals surface area contributed by atoms with Crippen LogP contribution in [0.2, 0.25) is 0 Å². The molecule has 1 amide bonds. The number of nitrogens with zero attached hydrogens (tertiary/aromatic N) is 1. The molecule has 6 heteroatoms. The topological polar surface area (TPSA) is 20.3 Å². The van der Waals surface area contributed by atoms with E-state index in [1.807, 2.05) is 0 Å². The Hall–Kier alpha value is -1.59. The van der Waals surface area contributed by atoms with Crippen molar-refractivity contribution >= 4 is 5.91 Å². The molecule has 15 heavy (non-hydrogen) atoms. The van der Waals surface area contributed by atoms with E-state index in [-0.39, 0.29) is 6.54 Å². The molecule has 2 nitrogen and oxygen atoms in total. The number of hydrogen-bond acceptors (Lipinski definition) is 1. The quantitative estimate of drug-likeness (QED) is 0.370. The van der Waals surface area contributed by atoms with Gasteiger partial charge < -0.3 is 4.90 Å². The molecular weight excluding hydrogens is 214 g/mol. The highest BCUT2D eigenvalue weighted by atomic mass is 19.2. The number of benzene rings is 1. The highest BCUT2D eigenvalue weighted by molar-refractivity contribution is 5.98. The minimum atomic E-state index is -1.95. The van der Waals surface area contributed by atoms with E-state index < -0.39 is 40.3 Å². The molecule has 0 radical (unpaired) electrons. The van der Waals surface area contributed by atoms with Gasteiger partial charge in [-0.1, -0.05) is 0 Å². The van der Waals surface area contributed by atoms with Crippen LogP contribution in [0.3, 0.4) is 0 Å². The summed E-state index contributed by atoms with van der Waals surface area (Å²) < 4.78 is 51.8. The standard InChI is InChI=1S/C9H5F4NO/c1-14-2-3-4(9(14)15)6(11)8(13)7(12)5(3)10/h2H2,1H3. The zero-order valence-electron chi connectivity index (χ0n) is 7.57. The monoisotopic (exact) mass is 219 g/mol. The van der Waals surface area contributed by atoms with Crippen LogP contribution in [-0.4, -0.2) is 17.9 Å². The number of amides is 1. The van der Waals surface area contributed by atoms with Crippen molar-refractivity contribution < 1.29 is 22.4 Å². The number of fused-ring (bicyclic) bond motifs is 1. The third kappa shape index (κ3) is 1.14. The normalized spacial score (nSPS) is 14.7. The van der Waals surface area contributed by atoms with Gasteiger partial charge in [-0.15, -0.1) is 0 Å². The van der Waals surface area contributed by atoms with Gasteiger partial charge >= 0.3 is 0 Å². The third-order valence-electron chi connectivity index (χ3n) is 2.32. The fourth-order valence-electron chi connectivity index (χ4n) is 1.55. The van der Waals surface area contributed by atoms with Crippen LogP contribution in [0.4, 0.5) is 17.6 Å². The Kier molecular flexibility index (Phi) is 1.95. The van der Waals surface area contributed by atoms with Gasteiger partial charge in [0.15, 0.2) is 23.3 Å². The van der Waals surface area contributed by atoms with Crippen LogP contribution < -0.4 is 0 Å². The van der Waals surface area contributed by atoms with Crippen LogP contribution in [0, 0.1) is 23.3 Å². The summed E-state index contributed by atoms with van der Waals surface area (Å²) in [6.07, 6.45) is 0. The summed E-state index contributed by atoms with van der Waals surface area (Å²) in [6.45, 7) is -0.256. The van der Waals surface area contributed by atoms with Gasteiger partial charge in [0.25, 0.3) is 5.91 Å². The molecule has 0 aliphatic carbocycles. The van der Waals surface area contributed by atoms with Gasteiger partial charge in [0.2, 0.25) is 0 Å². The summed E-state index contributed by atoms with van der Waals surface area (Å²) in [5.41, 5.74) is -1.15. The van der Waals surface area contributed by atoms with Crippen LogP contribution in [0.25, 0.3) is 0 Å². The predicted octanol–water partition coefficient (Wildman–Crippen LogP) is 1.83. The fraction of sp³-hybridized carbons (Fsp3) is 0.222. The molecule has 1 aliphatic rings. The van der Waals surface area contributed by atoms with Gasteiger partial charge in [0.1, 0.15) is 0 Å². The lowest BCUT2D eigenvalue weighted by Crippen LogP contribution is -2.18. The first-order valence-corrected chi connectivity index (χ1v) is 4.05. The van der Waals surface area contributed by atoms with Crippen molar-refractivity contribution in [2.75, 3.05) is 7.05 Å². The molecule has 80 valence electrons. The van der Waals surface area contributed by atoms with E-state index in [9.17, 15) is 22.4 Å². The van der Waals surface area contributed by atoms with Crippen molar-refractivity contribution in [2.45, 2.75) is 6.54 Å². The summed E-state index contributed by atoms with van der Waals surface area (Å²) in [7, 11) is 1.29. The molecule has 2 rings (SSSR count). The Morgan fingerprint density at radius 2 is 1.53 bits per heavy atom. The first-order valence-electron chi connectivity index (χ1n) is 4.05. The second kappa shape index (κ2) is 2.95. The lowest BCUT2D eigenvalue weighted by atomic mass is 10.1. The molecule has 0 saturated carbocycles. The number of carbonyl (C=O) groups excluding carboxylic acids is 1. The van der Waals surface area contributed by atoms with Gasteiger partial charge in [-0.3, -0.25) is 4.79 Å². The minimum Gasteiger partial charge on any atom is -0.337 e. The van der Waals surface area contributed by atoms with Crippen molar-refractivity contribution in [1.82, 2.24) is 4.90 Å². The Bertz CT molecular complexity index is 472. The summed E-state index contributed by atoms with van der Waals surface area (Å²) in [6, 6.07) is 0. The summed E-state index contributed by atoms with van der Waals surface area (Å²) in [5.74, 6) is -7.80. The number of halogens is 4. The summed E-state index contributed by atoms with van der Waals surface area (Å²) in [4.78, 5) is 12.2. The van der Waals surface area contributed by atoms with Gasteiger partial charge in [-0.05, 0) is 0 Å². The predicted molar refractivity (Wildman–Crippen MR) is 42.1 cm³/mol. The zero-order valence-corrected chi connectivity index (χ0v) is 7.57. The van der Waals surface area contributed by atoms with Crippen LogP contribution in [0.1, 0.15) is 15.9 Å². The molecule has 0 atom stereocenters. The minimum absolute atomic E-state index is 0.256. The Balaban J connectivity index is 2.81. The maximum atomic E-state index is 13.1. The molecule has 0 N–H and O–H groups in total. The zero-order chi connectivity index (χ0) is 11.3. The molecule has 0 fully saturated rings. The highest BCUT2D eigenvalue weighted by Crippen LogP contribution is 2.30. The third-order valence-corrected chi connectivity index (χ3v) is 2.32. The van der Waals surface area contributed by atoms with Crippen LogP contribution in [-0.2, 0) is 6.54 Å². The molecule has 0 spiro atoms. The van der Waals surface area contributed by atoms with Crippen molar-refractivity contribution in [2.24, 2.45) is 0 Å². The second-order valence-electron chi connectivity index (χ2n) is 3.27. The summed E-state index contributed by atoms with van der Waals surface area (Å²) in [5, 5.41) is 0. The first-order chi connectivity index (χ1) is 6.95. The van der Waals surface area contributed by atoms with Crippen molar-refractivity contribution in [3.8, 4) is 0 Å². The lowest BCUT2D eigenvalue weighted by molar-refractivity contribution is 0.0812. The molecule has 0 aromatic heterocycles. The molecule has 0 unspecified atom stereocenters. The Morgan fingerprint density at radius 1 is 1.00 bits per heavy atom. The Labute approximate surface area is 82.1 Å².